The van der Waals surface area contributed by atoms with E-state index < -0.39 is 0 Å². The van der Waals surface area contributed by atoms with Crippen molar-refractivity contribution in [3.05, 3.63) is 59.5 Å². The van der Waals surface area contributed by atoms with E-state index in [9.17, 15) is 0 Å². The molecule has 0 radical (unpaired) electrons. The van der Waals surface area contributed by atoms with Crippen molar-refractivity contribution >= 4 is 5.65 Å². The van der Waals surface area contributed by atoms with Crippen molar-refractivity contribution < 1.29 is 9.47 Å². The lowest BCUT2D eigenvalue weighted by Crippen LogP contribution is -2.19. The maximum Gasteiger partial charge on any atom is 0.139 e. The summed E-state index contributed by atoms with van der Waals surface area (Å²) in [6.07, 6.45) is 4.09. The summed E-state index contributed by atoms with van der Waals surface area (Å²) in [6, 6.07) is 10.1. The Balaban J connectivity index is 1.74. The first-order valence-electron chi connectivity index (χ1n) is 8.01. The van der Waals surface area contributed by atoms with E-state index in [1.165, 1.54) is 5.56 Å². The molecule has 0 aliphatic rings. The minimum atomic E-state index is 0.136. The van der Waals surface area contributed by atoms with Gasteiger partial charge in [0.25, 0.3) is 0 Å². The average Bonchev–Trinajstić information content (AvgIpc) is 3.03. The number of fused-ring (bicyclic) bond motifs is 1. The molecule has 1 N–H and O–H groups in total. The van der Waals surface area contributed by atoms with Crippen molar-refractivity contribution in [2.75, 3.05) is 14.2 Å². The molecule has 5 nitrogen and oxygen atoms in total. The summed E-state index contributed by atoms with van der Waals surface area (Å²) < 4.78 is 12.8. The number of rotatable bonds is 6. The number of hydrogen-bond donors (Lipinski definition) is 1. The highest BCUT2D eigenvalue weighted by molar-refractivity contribution is 5.48. The number of aromatic nitrogens is 2. The molecule has 3 aromatic rings. The predicted octanol–water partition coefficient (Wildman–Crippen LogP) is 3.51. The third kappa shape index (κ3) is 3.21. The molecule has 24 heavy (non-hydrogen) atoms. The lowest BCUT2D eigenvalue weighted by atomic mass is 10.1. The summed E-state index contributed by atoms with van der Waals surface area (Å²) in [5, 5.41) is 3.51. The number of ether oxygens (including phenoxy) is 2. The molecule has 1 atom stereocenters. The first kappa shape index (κ1) is 16.3. The van der Waals surface area contributed by atoms with Gasteiger partial charge in [-0.2, -0.15) is 0 Å². The Bertz CT molecular complexity index is 842. The molecule has 0 unspecified atom stereocenters. The lowest BCUT2D eigenvalue weighted by molar-refractivity contribution is 0.385. The van der Waals surface area contributed by atoms with Crippen LogP contribution in [0.15, 0.2) is 42.7 Å². The molecule has 2 aromatic heterocycles. The molecule has 0 saturated carbocycles. The van der Waals surface area contributed by atoms with E-state index in [4.69, 9.17) is 14.5 Å². The maximum atomic E-state index is 5.49. The molecule has 0 aliphatic heterocycles. The van der Waals surface area contributed by atoms with Gasteiger partial charge < -0.3 is 19.2 Å². The van der Waals surface area contributed by atoms with Gasteiger partial charge in [-0.15, -0.1) is 0 Å². The Morgan fingerprint density at radius 3 is 2.75 bits per heavy atom. The van der Waals surface area contributed by atoms with E-state index in [1.807, 2.05) is 30.5 Å². The molecule has 0 fully saturated rings. The Kier molecular flexibility index (Phi) is 4.71. The summed E-state index contributed by atoms with van der Waals surface area (Å²) in [5.41, 5.74) is 4.29. The highest BCUT2D eigenvalue weighted by atomic mass is 16.5. The molecule has 0 saturated heterocycles. The third-order valence-corrected chi connectivity index (χ3v) is 4.22. The number of hydrogen-bond acceptors (Lipinski definition) is 4. The van der Waals surface area contributed by atoms with Crippen LogP contribution in [0, 0.1) is 6.92 Å². The number of imidazole rings is 1. The molecular formula is C19H23N3O2. The van der Waals surface area contributed by atoms with Crippen molar-refractivity contribution in [2.24, 2.45) is 0 Å². The van der Waals surface area contributed by atoms with Gasteiger partial charge >= 0.3 is 0 Å². The quantitative estimate of drug-likeness (QED) is 0.753. The van der Waals surface area contributed by atoms with Crippen LogP contribution in [0.1, 0.15) is 29.8 Å². The molecule has 126 valence electrons. The molecular weight excluding hydrogens is 302 g/mol. The van der Waals surface area contributed by atoms with Crippen LogP contribution in [0.3, 0.4) is 0 Å². The van der Waals surface area contributed by atoms with Crippen molar-refractivity contribution in [3.63, 3.8) is 0 Å². The fraction of sp³-hybridized carbons (Fsp3) is 0.316. The number of benzene rings is 1. The summed E-state index contributed by atoms with van der Waals surface area (Å²) in [6.45, 7) is 4.88. The van der Waals surface area contributed by atoms with Crippen LogP contribution in [-0.2, 0) is 6.54 Å². The first-order chi connectivity index (χ1) is 11.6. The zero-order chi connectivity index (χ0) is 17.1. The minimum Gasteiger partial charge on any atom is -0.497 e. The van der Waals surface area contributed by atoms with Gasteiger partial charge in [-0.05, 0) is 31.5 Å². The van der Waals surface area contributed by atoms with Crippen LogP contribution in [0.2, 0.25) is 0 Å². The van der Waals surface area contributed by atoms with Gasteiger partial charge in [0.05, 0.1) is 19.9 Å². The highest BCUT2D eigenvalue weighted by Gasteiger charge is 2.13. The average molecular weight is 325 g/mol. The summed E-state index contributed by atoms with van der Waals surface area (Å²) in [7, 11) is 3.33. The molecule has 0 aliphatic carbocycles. The van der Waals surface area contributed by atoms with Crippen LogP contribution in [-0.4, -0.2) is 23.6 Å². The Morgan fingerprint density at radius 1 is 1.21 bits per heavy atom. The van der Waals surface area contributed by atoms with Crippen LogP contribution in [0.4, 0.5) is 0 Å². The van der Waals surface area contributed by atoms with E-state index in [0.717, 1.165) is 28.4 Å². The van der Waals surface area contributed by atoms with Crippen LogP contribution >= 0.6 is 0 Å². The number of methoxy groups -OCH3 is 2. The molecule has 0 spiro atoms. The normalized spacial score (nSPS) is 12.3. The zero-order valence-electron chi connectivity index (χ0n) is 14.5. The van der Waals surface area contributed by atoms with E-state index in [1.54, 1.807) is 14.2 Å². The van der Waals surface area contributed by atoms with Crippen molar-refractivity contribution in [1.82, 2.24) is 14.7 Å². The Labute approximate surface area is 142 Å². The number of pyridine rings is 1. The molecule has 2 heterocycles. The standard InChI is InChI=1S/C19H23N3O2/c1-13-6-5-9-22-12-15(21-19(13)22)11-20-14(2)17-8-7-16(23-3)10-18(17)24-4/h5-10,12,14,20H,11H2,1-4H3/t14-/m1/s1. The Hall–Kier alpha value is -2.53. The van der Waals surface area contributed by atoms with Gasteiger partial charge in [-0.25, -0.2) is 4.98 Å². The fourth-order valence-electron chi connectivity index (χ4n) is 2.83. The van der Waals surface area contributed by atoms with E-state index in [0.29, 0.717) is 6.54 Å². The zero-order valence-corrected chi connectivity index (χ0v) is 14.5. The molecule has 3 rings (SSSR count). The second kappa shape index (κ2) is 6.93. The van der Waals surface area contributed by atoms with Gasteiger partial charge in [0, 0.05) is 36.6 Å². The van der Waals surface area contributed by atoms with E-state index >= 15 is 0 Å². The first-order valence-corrected chi connectivity index (χ1v) is 8.01. The second-order valence-corrected chi connectivity index (χ2v) is 5.86. The molecule has 0 amide bonds. The van der Waals surface area contributed by atoms with Crippen molar-refractivity contribution in [2.45, 2.75) is 26.4 Å². The van der Waals surface area contributed by atoms with E-state index in [2.05, 4.69) is 35.8 Å². The van der Waals surface area contributed by atoms with Crippen LogP contribution < -0.4 is 14.8 Å². The summed E-state index contributed by atoms with van der Waals surface area (Å²) >= 11 is 0. The van der Waals surface area contributed by atoms with Crippen molar-refractivity contribution in [1.29, 1.82) is 0 Å². The van der Waals surface area contributed by atoms with Gasteiger partial charge in [0.1, 0.15) is 17.1 Å². The van der Waals surface area contributed by atoms with Crippen molar-refractivity contribution in [3.8, 4) is 11.5 Å². The fourth-order valence-corrected chi connectivity index (χ4v) is 2.83. The SMILES string of the molecule is COc1ccc([C@@H](C)NCc2cn3cccc(C)c3n2)c(OC)c1. The Morgan fingerprint density at radius 2 is 2.04 bits per heavy atom. The smallest absolute Gasteiger partial charge is 0.139 e. The second-order valence-electron chi connectivity index (χ2n) is 5.86. The third-order valence-electron chi connectivity index (χ3n) is 4.22. The molecule has 0 bridgehead atoms. The number of nitrogens with one attached hydrogen (secondary N) is 1. The molecule has 5 heteroatoms. The monoisotopic (exact) mass is 325 g/mol. The lowest BCUT2D eigenvalue weighted by Gasteiger charge is -2.17. The summed E-state index contributed by atoms with van der Waals surface area (Å²) in [4.78, 5) is 4.70. The molecule has 1 aromatic carbocycles. The largest absolute Gasteiger partial charge is 0.497 e. The van der Waals surface area contributed by atoms with Gasteiger partial charge in [0.15, 0.2) is 0 Å². The van der Waals surface area contributed by atoms with Gasteiger partial charge in [-0.1, -0.05) is 12.1 Å². The maximum absolute atomic E-state index is 5.49. The topological polar surface area (TPSA) is 47.8 Å². The van der Waals surface area contributed by atoms with Gasteiger partial charge in [0.2, 0.25) is 0 Å². The van der Waals surface area contributed by atoms with Gasteiger partial charge in [-0.3, -0.25) is 0 Å². The van der Waals surface area contributed by atoms with Crippen LogP contribution in [0.25, 0.3) is 5.65 Å². The summed E-state index contributed by atoms with van der Waals surface area (Å²) in [5.74, 6) is 1.61. The number of nitrogens with zero attached hydrogens (tertiary/aromatic N) is 2. The highest BCUT2D eigenvalue weighted by Crippen LogP contribution is 2.29. The number of aryl methyl sites for hydroxylation is 1. The minimum absolute atomic E-state index is 0.136. The predicted molar refractivity (Wildman–Crippen MR) is 94.7 cm³/mol. The van der Waals surface area contributed by atoms with Crippen LogP contribution in [0.5, 0.6) is 11.5 Å². The van der Waals surface area contributed by atoms with E-state index in [-0.39, 0.29) is 6.04 Å².